The predicted molar refractivity (Wildman–Crippen MR) is 76.8 cm³/mol. The summed E-state index contributed by atoms with van der Waals surface area (Å²) in [5.74, 6) is 2.33. The molecule has 1 saturated heterocycles. The monoisotopic (exact) mass is 267 g/mol. The lowest BCUT2D eigenvalue weighted by Gasteiger charge is -2.36. The highest BCUT2D eigenvalue weighted by molar-refractivity contribution is 5.79. The van der Waals surface area contributed by atoms with Crippen LogP contribution < -0.4 is 5.32 Å². The van der Waals surface area contributed by atoms with Crippen LogP contribution in [0.3, 0.4) is 0 Å². The first-order valence-electron chi connectivity index (χ1n) is 7.97. The zero-order valence-electron chi connectivity index (χ0n) is 12.7. The topological polar surface area (TPSA) is 38.3 Å². The number of amides is 1. The van der Waals surface area contributed by atoms with E-state index < -0.39 is 0 Å². The highest BCUT2D eigenvalue weighted by atomic mass is 16.5. The van der Waals surface area contributed by atoms with Crippen molar-refractivity contribution in [3.05, 3.63) is 0 Å². The normalized spacial score (nSPS) is 35.6. The summed E-state index contributed by atoms with van der Waals surface area (Å²) >= 11 is 0. The molecule has 0 aromatic heterocycles. The Morgan fingerprint density at radius 2 is 2.11 bits per heavy atom. The van der Waals surface area contributed by atoms with Gasteiger partial charge in [0.25, 0.3) is 0 Å². The number of carbonyl (C=O) groups excluding carboxylic acids is 1. The van der Waals surface area contributed by atoms with Gasteiger partial charge >= 0.3 is 0 Å². The Hall–Kier alpha value is -0.570. The number of hydrogen-bond acceptors (Lipinski definition) is 2. The van der Waals surface area contributed by atoms with Gasteiger partial charge in [0.2, 0.25) is 5.91 Å². The van der Waals surface area contributed by atoms with Gasteiger partial charge in [-0.15, -0.1) is 0 Å². The Kier molecular flexibility index (Phi) is 5.26. The third kappa shape index (κ3) is 3.95. The van der Waals surface area contributed by atoms with E-state index in [4.69, 9.17) is 4.74 Å². The second-order valence-corrected chi connectivity index (χ2v) is 6.81. The van der Waals surface area contributed by atoms with Crippen LogP contribution in [-0.2, 0) is 9.53 Å². The fourth-order valence-electron chi connectivity index (χ4n) is 3.65. The SMILES string of the molecule is CC1CCC(C(C)C)C(C(=O)NC[C@@H]2CCCO2)C1. The van der Waals surface area contributed by atoms with Gasteiger partial charge in [0.1, 0.15) is 0 Å². The van der Waals surface area contributed by atoms with Crippen molar-refractivity contribution in [2.45, 2.75) is 59.0 Å². The molecule has 3 unspecified atom stereocenters. The van der Waals surface area contributed by atoms with Crippen molar-refractivity contribution in [2.24, 2.45) is 23.7 Å². The van der Waals surface area contributed by atoms with E-state index in [0.29, 0.717) is 24.3 Å². The van der Waals surface area contributed by atoms with Crippen molar-refractivity contribution in [1.82, 2.24) is 5.32 Å². The molecule has 110 valence electrons. The van der Waals surface area contributed by atoms with Crippen LogP contribution in [0.2, 0.25) is 0 Å². The maximum Gasteiger partial charge on any atom is 0.223 e. The molecule has 0 aromatic rings. The average Bonchev–Trinajstić information content (AvgIpc) is 2.88. The lowest BCUT2D eigenvalue weighted by molar-refractivity contribution is -0.129. The van der Waals surface area contributed by atoms with Crippen LogP contribution in [0.25, 0.3) is 0 Å². The number of nitrogens with one attached hydrogen (secondary N) is 1. The second-order valence-electron chi connectivity index (χ2n) is 6.81. The molecule has 0 radical (unpaired) electrons. The van der Waals surface area contributed by atoms with Crippen LogP contribution in [0.15, 0.2) is 0 Å². The van der Waals surface area contributed by atoms with Gasteiger partial charge in [-0.2, -0.15) is 0 Å². The molecule has 2 aliphatic rings. The van der Waals surface area contributed by atoms with Crippen LogP contribution in [0.1, 0.15) is 52.9 Å². The third-order valence-electron chi connectivity index (χ3n) is 4.89. The van der Waals surface area contributed by atoms with Gasteiger partial charge in [-0.3, -0.25) is 4.79 Å². The Labute approximate surface area is 117 Å². The Bertz CT molecular complexity index is 297. The van der Waals surface area contributed by atoms with Crippen molar-refractivity contribution in [1.29, 1.82) is 0 Å². The van der Waals surface area contributed by atoms with E-state index in [1.807, 2.05) is 0 Å². The van der Waals surface area contributed by atoms with E-state index in [1.165, 1.54) is 12.8 Å². The zero-order chi connectivity index (χ0) is 13.8. The molecule has 0 aromatic carbocycles. The van der Waals surface area contributed by atoms with E-state index in [1.54, 1.807) is 0 Å². The molecular weight excluding hydrogens is 238 g/mol. The first-order valence-corrected chi connectivity index (χ1v) is 7.97. The second kappa shape index (κ2) is 6.74. The molecular formula is C16H29NO2. The van der Waals surface area contributed by atoms with Gasteiger partial charge in [-0.1, -0.05) is 27.2 Å². The van der Waals surface area contributed by atoms with Gasteiger partial charge in [-0.05, 0) is 43.4 Å². The van der Waals surface area contributed by atoms with E-state index in [-0.39, 0.29) is 17.9 Å². The highest BCUT2D eigenvalue weighted by Gasteiger charge is 2.35. The molecule has 1 amide bonds. The molecule has 3 nitrogen and oxygen atoms in total. The largest absolute Gasteiger partial charge is 0.376 e. The van der Waals surface area contributed by atoms with Crippen molar-refractivity contribution < 1.29 is 9.53 Å². The maximum absolute atomic E-state index is 12.4. The molecule has 0 bridgehead atoms. The van der Waals surface area contributed by atoms with Gasteiger partial charge in [-0.25, -0.2) is 0 Å². The number of rotatable bonds is 4. The molecule has 1 N–H and O–H groups in total. The minimum Gasteiger partial charge on any atom is -0.376 e. The summed E-state index contributed by atoms with van der Waals surface area (Å²) in [4.78, 5) is 12.4. The van der Waals surface area contributed by atoms with E-state index in [0.717, 1.165) is 25.9 Å². The van der Waals surface area contributed by atoms with Crippen molar-refractivity contribution >= 4 is 5.91 Å². The van der Waals surface area contributed by atoms with Crippen LogP contribution in [-0.4, -0.2) is 25.2 Å². The Morgan fingerprint density at radius 1 is 1.32 bits per heavy atom. The molecule has 1 aliphatic heterocycles. The molecule has 19 heavy (non-hydrogen) atoms. The summed E-state index contributed by atoms with van der Waals surface area (Å²) in [6.45, 7) is 8.34. The van der Waals surface area contributed by atoms with E-state index in [2.05, 4.69) is 26.1 Å². The minimum atomic E-state index is 0.213. The summed E-state index contributed by atoms with van der Waals surface area (Å²) in [5.41, 5.74) is 0. The summed E-state index contributed by atoms with van der Waals surface area (Å²) in [7, 11) is 0. The molecule has 1 aliphatic carbocycles. The first-order chi connectivity index (χ1) is 9.08. The van der Waals surface area contributed by atoms with Crippen molar-refractivity contribution in [2.75, 3.05) is 13.2 Å². The van der Waals surface area contributed by atoms with Gasteiger partial charge in [0.15, 0.2) is 0 Å². The Balaban J connectivity index is 1.86. The first kappa shape index (κ1) is 14.8. The van der Waals surface area contributed by atoms with Crippen LogP contribution in [0, 0.1) is 23.7 Å². The molecule has 4 atom stereocenters. The molecule has 1 saturated carbocycles. The molecule has 0 spiro atoms. The quantitative estimate of drug-likeness (QED) is 0.850. The fraction of sp³-hybridized carbons (Fsp3) is 0.938. The van der Waals surface area contributed by atoms with Gasteiger partial charge in [0.05, 0.1) is 6.10 Å². The minimum absolute atomic E-state index is 0.213. The van der Waals surface area contributed by atoms with Gasteiger partial charge in [0, 0.05) is 19.1 Å². The number of hydrogen-bond donors (Lipinski definition) is 1. The van der Waals surface area contributed by atoms with E-state index in [9.17, 15) is 4.79 Å². The number of ether oxygens (including phenoxy) is 1. The smallest absolute Gasteiger partial charge is 0.223 e. The summed E-state index contributed by atoms with van der Waals surface area (Å²) in [5, 5.41) is 3.14. The molecule has 1 heterocycles. The molecule has 2 fully saturated rings. The van der Waals surface area contributed by atoms with Crippen molar-refractivity contribution in [3.8, 4) is 0 Å². The molecule has 2 rings (SSSR count). The fourth-order valence-corrected chi connectivity index (χ4v) is 3.65. The zero-order valence-corrected chi connectivity index (χ0v) is 12.7. The summed E-state index contributed by atoms with van der Waals surface area (Å²) in [6.07, 6.45) is 6.02. The highest BCUT2D eigenvalue weighted by Crippen LogP contribution is 2.38. The van der Waals surface area contributed by atoms with Crippen LogP contribution in [0.4, 0.5) is 0 Å². The molecule has 3 heteroatoms. The maximum atomic E-state index is 12.4. The van der Waals surface area contributed by atoms with Gasteiger partial charge < -0.3 is 10.1 Å². The lowest BCUT2D eigenvalue weighted by Crippen LogP contribution is -2.42. The predicted octanol–water partition coefficient (Wildman–Crippen LogP) is 2.99. The summed E-state index contributed by atoms with van der Waals surface area (Å²) < 4.78 is 5.57. The van der Waals surface area contributed by atoms with Crippen LogP contribution >= 0.6 is 0 Å². The average molecular weight is 267 g/mol. The van der Waals surface area contributed by atoms with E-state index >= 15 is 0 Å². The van der Waals surface area contributed by atoms with Crippen molar-refractivity contribution in [3.63, 3.8) is 0 Å². The lowest BCUT2D eigenvalue weighted by atomic mass is 9.70. The number of carbonyl (C=O) groups is 1. The standard InChI is InChI=1S/C16H29NO2/c1-11(2)14-7-6-12(3)9-15(14)16(18)17-10-13-5-4-8-19-13/h11-15H,4-10H2,1-3H3,(H,17,18)/t12?,13-,14?,15?/m0/s1. The van der Waals surface area contributed by atoms with Crippen LogP contribution in [0.5, 0.6) is 0 Å². The third-order valence-corrected chi connectivity index (χ3v) is 4.89. The summed E-state index contributed by atoms with van der Waals surface area (Å²) in [6, 6.07) is 0. The Morgan fingerprint density at radius 3 is 2.74 bits per heavy atom.